The maximum atomic E-state index is 13.2. The molecule has 4 aromatic heterocycles. The summed E-state index contributed by atoms with van der Waals surface area (Å²) in [6.07, 6.45) is 9.20. The van der Waals surface area contributed by atoms with Crippen molar-refractivity contribution in [2.75, 3.05) is 25.1 Å². The van der Waals surface area contributed by atoms with Crippen molar-refractivity contribution in [2.45, 2.75) is 26.4 Å². The third-order valence-corrected chi connectivity index (χ3v) is 5.27. The van der Waals surface area contributed by atoms with Crippen molar-refractivity contribution < 1.29 is 9.53 Å². The minimum Gasteiger partial charge on any atom is -0.382 e. The van der Waals surface area contributed by atoms with Crippen LogP contribution in [0.1, 0.15) is 19.0 Å². The van der Waals surface area contributed by atoms with Gasteiger partial charge in [0.15, 0.2) is 5.82 Å². The summed E-state index contributed by atoms with van der Waals surface area (Å²) in [4.78, 5) is 37.7. The predicted molar refractivity (Wildman–Crippen MR) is 128 cm³/mol. The van der Waals surface area contributed by atoms with Gasteiger partial charge in [-0.2, -0.15) is 5.10 Å². The van der Waals surface area contributed by atoms with Gasteiger partial charge in [-0.1, -0.05) is 0 Å². The number of carbonyl (C=O) groups is 1. The molecule has 0 aliphatic carbocycles. The number of aromatic nitrogens is 6. The average Bonchev–Trinajstić information content (AvgIpc) is 3.45. The van der Waals surface area contributed by atoms with Crippen LogP contribution in [0.15, 0.2) is 47.9 Å². The molecule has 11 heteroatoms. The lowest BCUT2D eigenvalue weighted by Gasteiger charge is -2.14. The van der Waals surface area contributed by atoms with Gasteiger partial charge in [-0.25, -0.2) is 4.98 Å². The molecule has 11 nitrogen and oxygen atoms in total. The number of hydrogen-bond acceptors (Lipinski definition) is 7. The van der Waals surface area contributed by atoms with Crippen molar-refractivity contribution in [2.24, 2.45) is 7.05 Å². The predicted octanol–water partition coefficient (Wildman–Crippen LogP) is 1.67. The van der Waals surface area contributed by atoms with Crippen molar-refractivity contribution in [1.82, 2.24) is 34.6 Å². The second-order valence-electron chi connectivity index (χ2n) is 7.80. The minimum atomic E-state index is -0.371. The first-order valence-corrected chi connectivity index (χ1v) is 11.1. The lowest BCUT2D eigenvalue weighted by molar-refractivity contribution is -0.121. The van der Waals surface area contributed by atoms with E-state index in [-0.39, 0.29) is 23.8 Å². The fraction of sp³-hybridized carbons (Fsp3) is 0.348. The Labute approximate surface area is 196 Å². The first-order valence-electron chi connectivity index (χ1n) is 11.1. The van der Waals surface area contributed by atoms with Gasteiger partial charge in [0, 0.05) is 67.6 Å². The van der Waals surface area contributed by atoms with E-state index in [2.05, 4.69) is 30.7 Å². The number of aromatic amines is 1. The molecule has 0 aromatic carbocycles. The molecule has 34 heavy (non-hydrogen) atoms. The third kappa shape index (κ3) is 5.49. The third-order valence-electron chi connectivity index (χ3n) is 5.27. The molecule has 0 fully saturated rings. The normalized spacial score (nSPS) is 11.1. The van der Waals surface area contributed by atoms with Crippen LogP contribution in [0, 0.1) is 0 Å². The first-order chi connectivity index (χ1) is 16.5. The Bertz CT molecular complexity index is 1290. The van der Waals surface area contributed by atoms with Gasteiger partial charge in [0.05, 0.1) is 24.6 Å². The molecule has 1 amide bonds. The second-order valence-corrected chi connectivity index (χ2v) is 7.80. The summed E-state index contributed by atoms with van der Waals surface area (Å²) < 4.78 is 8.38. The molecule has 0 aliphatic rings. The molecule has 0 unspecified atom stereocenters. The van der Waals surface area contributed by atoms with Gasteiger partial charge in [-0.05, 0) is 25.5 Å². The summed E-state index contributed by atoms with van der Waals surface area (Å²) in [6.45, 7) is 3.87. The second kappa shape index (κ2) is 10.8. The summed E-state index contributed by atoms with van der Waals surface area (Å²) in [5, 5.41) is 11.1. The van der Waals surface area contributed by atoms with E-state index in [4.69, 9.17) is 4.74 Å². The topological polar surface area (TPSA) is 132 Å². The van der Waals surface area contributed by atoms with Crippen LogP contribution >= 0.6 is 0 Å². The molecule has 0 saturated heterocycles. The lowest BCUT2D eigenvalue weighted by Crippen LogP contribution is -2.34. The number of ether oxygens (including phenoxy) is 1. The molecular formula is C23H28N8O3. The van der Waals surface area contributed by atoms with Gasteiger partial charge in [-0.15, -0.1) is 0 Å². The number of pyridine rings is 1. The number of H-pyrrole nitrogens is 1. The van der Waals surface area contributed by atoms with E-state index in [0.29, 0.717) is 37.6 Å². The molecule has 0 bridgehead atoms. The Kier molecular flexibility index (Phi) is 7.33. The number of carbonyl (C=O) groups excluding carboxylic acids is 1. The molecule has 3 N–H and O–H groups in total. The van der Waals surface area contributed by atoms with Crippen LogP contribution < -0.4 is 16.2 Å². The highest BCUT2D eigenvalue weighted by Gasteiger charge is 2.16. The number of nitrogens with zero attached hydrogens (tertiary/aromatic N) is 5. The van der Waals surface area contributed by atoms with Crippen molar-refractivity contribution in [3.05, 3.63) is 59.2 Å². The van der Waals surface area contributed by atoms with Crippen molar-refractivity contribution in [3.8, 4) is 11.3 Å². The Hall–Kier alpha value is -3.99. The number of hydrogen-bond donors (Lipinski definition) is 3. The molecule has 0 aliphatic heterocycles. The van der Waals surface area contributed by atoms with Crippen LogP contribution in [0.2, 0.25) is 0 Å². The molecule has 0 spiro atoms. The summed E-state index contributed by atoms with van der Waals surface area (Å²) >= 11 is 0. The number of amides is 1. The SMILES string of the molecule is CCOCCCNc1ncc(-c2cnn(C)c2)n(CC(=O)NCc2cc3cnccc3[nH]2)c1=O. The number of nitrogens with one attached hydrogen (secondary N) is 3. The summed E-state index contributed by atoms with van der Waals surface area (Å²) in [7, 11) is 1.79. The lowest BCUT2D eigenvalue weighted by atomic mass is 10.2. The molecule has 4 heterocycles. The van der Waals surface area contributed by atoms with E-state index in [0.717, 1.165) is 23.0 Å². The zero-order valence-corrected chi connectivity index (χ0v) is 19.2. The molecule has 178 valence electrons. The van der Waals surface area contributed by atoms with E-state index in [1.165, 1.54) is 4.57 Å². The van der Waals surface area contributed by atoms with Gasteiger partial charge in [-0.3, -0.25) is 23.8 Å². The minimum absolute atomic E-state index is 0.152. The van der Waals surface area contributed by atoms with Gasteiger partial charge >= 0.3 is 0 Å². The van der Waals surface area contributed by atoms with E-state index < -0.39 is 0 Å². The van der Waals surface area contributed by atoms with Gasteiger partial charge in [0.2, 0.25) is 5.91 Å². The smallest absolute Gasteiger partial charge is 0.294 e. The Morgan fingerprint density at radius 1 is 1.26 bits per heavy atom. The zero-order chi connectivity index (χ0) is 23.9. The van der Waals surface area contributed by atoms with Crippen molar-refractivity contribution >= 4 is 22.6 Å². The fourth-order valence-electron chi connectivity index (χ4n) is 3.60. The molecule has 4 aromatic rings. The monoisotopic (exact) mass is 464 g/mol. The highest BCUT2D eigenvalue weighted by molar-refractivity contribution is 5.80. The number of anilines is 1. The number of rotatable bonds is 11. The van der Waals surface area contributed by atoms with Gasteiger partial charge in [0.25, 0.3) is 5.56 Å². The fourth-order valence-corrected chi connectivity index (χ4v) is 3.60. The molecule has 0 saturated carbocycles. The van der Waals surface area contributed by atoms with Crippen LogP contribution in [0.5, 0.6) is 0 Å². The van der Waals surface area contributed by atoms with Gasteiger partial charge in [0.1, 0.15) is 6.54 Å². The van der Waals surface area contributed by atoms with Crippen LogP contribution in [0.3, 0.4) is 0 Å². The van der Waals surface area contributed by atoms with E-state index in [1.54, 1.807) is 42.7 Å². The van der Waals surface area contributed by atoms with Crippen LogP contribution in [-0.2, 0) is 29.7 Å². The van der Waals surface area contributed by atoms with Crippen molar-refractivity contribution in [3.63, 3.8) is 0 Å². The average molecular weight is 465 g/mol. The maximum Gasteiger partial charge on any atom is 0.294 e. The summed E-state index contributed by atoms with van der Waals surface area (Å²) in [6, 6.07) is 3.81. The van der Waals surface area contributed by atoms with Crippen LogP contribution in [-0.4, -0.2) is 55.0 Å². The summed E-state index contributed by atoms with van der Waals surface area (Å²) in [5.41, 5.74) is 2.64. The Morgan fingerprint density at radius 2 is 2.15 bits per heavy atom. The number of aryl methyl sites for hydroxylation is 1. The van der Waals surface area contributed by atoms with Crippen LogP contribution in [0.25, 0.3) is 22.2 Å². The highest BCUT2D eigenvalue weighted by Crippen LogP contribution is 2.17. The molecule has 4 rings (SSSR count). The van der Waals surface area contributed by atoms with Gasteiger partial charge < -0.3 is 20.4 Å². The Balaban J connectivity index is 1.50. The molecule has 0 radical (unpaired) electrons. The van der Waals surface area contributed by atoms with E-state index >= 15 is 0 Å². The largest absolute Gasteiger partial charge is 0.382 e. The zero-order valence-electron chi connectivity index (χ0n) is 19.2. The van der Waals surface area contributed by atoms with Crippen LogP contribution in [0.4, 0.5) is 5.82 Å². The van der Waals surface area contributed by atoms with Crippen molar-refractivity contribution in [1.29, 1.82) is 0 Å². The maximum absolute atomic E-state index is 13.2. The standard InChI is InChI=1S/C23H28N8O3/c1-3-34-8-4-6-25-22-23(33)31(20(13-27-22)17-11-28-30(2)14-17)15-21(32)26-12-18-9-16-10-24-7-5-19(16)29-18/h5,7,9-11,13-14,29H,3-4,6,8,12,15H2,1-2H3,(H,25,27)(H,26,32). The first kappa shape index (κ1) is 23.2. The number of fused-ring (bicyclic) bond motifs is 1. The van der Waals surface area contributed by atoms with E-state index in [1.807, 2.05) is 19.1 Å². The van der Waals surface area contributed by atoms with E-state index in [9.17, 15) is 9.59 Å². The summed E-state index contributed by atoms with van der Waals surface area (Å²) in [5.74, 6) is -0.0995. The highest BCUT2D eigenvalue weighted by atomic mass is 16.5. The Morgan fingerprint density at radius 3 is 2.91 bits per heavy atom. The quantitative estimate of drug-likeness (QED) is 0.288. The molecular weight excluding hydrogens is 436 g/mol. The molecule has 0 atom stereocenters.